The molecular formula is C18H17BN4O3. The van der Waals surface area contributed by atoms with Gasteiger partial charge in [-0.1, -0.05) is 17.6 Å². The molecule has 0 saturated heterocycles. The molecule has 0 spiro atoms. The molecule has 1 fully saturated rings. The van der Waals surface area contributed by atoms with E-state index in [1.165, 1.54) is 6.07 Å². The van der Waals surface area contributed by atoms with Gasteiger partial charge in [-0.25, -0.2) is 4.68 Å². The van der Waals surface area contributed by atoms with Gasteiger partial charge in [-0.2, -0.15) is 5.10 Å². The van der Waals surface area contributed by atoms with Crippen LogP contribution in [0.1, 0.15) is 34.8 Å². The van der Waals surface area contributed by atoms with E-state index in [2.05, 4.69) is 10.4 Å². The summed E-state index contributed by atoms with van der Waals surface area (Å²) >= 11 is 0. The Hall–Kier alpha value is -3.16. The number of rotatable bonds is 4. The molecule has 1 saturated carbocycles. The minimum absolute atomic E-state index is 0.0806. The van der Waals surface area contributed by atoms with Gasteiger partial charge < -0.3 is 5.32 Å². The molecule has 1 amide bonds. The summed E-state index contributed by atoms with van der Waals surface area (Å²) in [5.74, 6) is -0.0799. The van der Waals surface area contributed by atoms with E-state index in [-0.39, 0.29) is 22.4 Å². The van der Waals surface area contributed by atoms with Crippen LogP contribution in [0.15, 0.2) is 36.4 Å². The van der Waals surface area contributed by atoms with Crippen molar-refractivity contribution in [2.75, 3.05) is 7.05 Å². The lowest BCUT2D eigenvalue weighted by Gasteiger charge is -2.07. The van der Waals surface area contributed by atoms with Crippen molar-refractivity contribution < 1.29 is 9.72 Å². The second kappa shape index (κ2) is 5.98. The molecule has 2 aromatic carbocycles. The van der Waals surface area contributed by atoms with Crippen molar-refractivity contribution in [2.24, 2.45) is 0 Å². The van der Waals surface area contributed by atoms with E-state index in [4.69, 9.17) is 0 Å². The van der Waals surface area contributed by atoms with Gasteiger partial charge in [-0.3, -0.25) is 14.9 Å². The Labute approximate surface area is 150 Å². The standard InChI is InChI=1S/C18H17BN4O3/c1-20-18(24)17-14-8-13(10-2-3-10)16(23(25)26)9-15(14)21-22(17)12-6-4-11(19)5-7-12/h4-10H,2-3,19H2,1H3,(H,20,24). The molecule has 1 heterocycles. The van der Waals surface area contributed by atoms with Crippen LogP contribution >= 0.6 is 0 Å². The Bertz CT molecular complexity index is 1040. The fourth-order valence-corrected chi connectivity index (χ4v) is 3.23. The van der Waals surface area contributed by atoms with E-state index in [9.17, 15) is 14.9 Å². The van der Waals surface area contributed by atoms with Gasteiger partial charge in [0.05, 0.1) is 10.6 Å². The van der Waals surface area contributed by atoms with Gasteiger partial charge in [0, 0.05) is 24.1 Å². The Balaban J connectivity index is 2.01. The van der Waals surface area contributed by atoms with Crippen LogP contribution in [-0.4, -0.2) is 35.5 Å². The molecule has 7 nitrogen and oxygen atoms in total. The number of hydrogen-bond acceptors (Lipinski definition) is 4. The largest absolute Gasteiger partial charge is 0.354 e. The van der Waals surface area contributed by atoms with Gasteiger partial charge in [0.15, 0.2) is 0 Å². The molecule has 0 bridgehead atoms. The summed E-state index contributed by atoms with van der Waals surface area (Å²) in [5.41, 5.74) is 3.44. The van der Waals surface area contributed by atoms with Crippen molar-refractivity contribution in [3.8, 4) is 5.69 Å². The smallest absolute Gasteiger partial charge is 0.275 e. The SMILES string of the molecule is Bc1ccc(-n2nc3cc([N+](=O)[O-])c(C4CC4)cc3c2C(=O)NC)cc1. The first kappa shape index (κ1) is 16.3. The van der Waals surface area contributed by atoms with Crippen LogP contribution in [-0.2, 0) is 0 Å². The normalized spacial score (nSPS) is 13.7. The van der Waals surface area contributed by atoms with Crippen LogP contribution in [0.4, 0.5) is 5.69 Å². The molecule has 8 heteroatoms. The summed E-state index contributed by atoms with van der Waals surface area (Å²) in [4.78, 5) is 23.7. The monoisotopic (exact) mass is 348 g/mol. The highest BCUT2D eigenvalue weighted by Crippen LogP contribution is 2.45. The maximum Gasteiger partial charge on any atom is 0.275 e. The summed E-state index contributed by atoms with van der Waals surface area (Å²) in [6, 6.07) is 10.9. The number of nitro benzene ring substituents is 1. The van der Waals surface area contributed by atoms with E-state index >= 15 is 0 Å². The molecule has 1 aliphatic carbocycles. The summed E-state index contributed by atoms with van der Waals surface area (Å²) in [5, 5.41) is 19.3. The van der Waals surface area contributed by atoms with E-state index in [0.29, 0.717) is 22.2 Å². The number of carbonyl (C=O) groups excluding carboxylic acids is 1. The van der Waals surface area contributed by atoms with Crippen molar-refractivity contribution >= 4 is 35.8 Å². The van der Waals surface area contributed by atoms with Crippen molar-refractivity contribution in [1.82, 2.24) is 15.1 Å². The summed E-state index contributed by atoms with van der Waals surface area (Å²) in [7, 11) is 3.54. The number of aromatic nitrogens is 2. The number of fused-ring (bicyclic) bond motifs is 1. The molecule has 0 aliphatic heterocycles. The second-order valence-corrected chi connectivity index (χ2v) is 6.63. The lowest BCUT2D eigenvalue weighted by molar-refractivity contribution is -0.385. The molecule has 4 rings (SSSR count). The predicted octanol–water partition coefficient (Wildman–Crippen LogP) is 1.43. The van der Waals surface area contributed by atoms with Crippen molar-refractivity contribution in [3.05, 3.63) is 57.8 Å². The van der Waals surface area contributed by atoms with Gasteiger partial charge >= 0.3 is 0 Å². The van der Waals surface area contributed by atoms with Crippen LogP contribution < -0.4 is 10.8 Å². The highest BCUT2D eigenvalue weighted by atomic mass is 16.6. The Morgan fingerprint density at radius 1 is 1.31 bits per heavy atom. The van der Waals surface area contributed by atoms with Gasteiger partial charge in [-0.05, 0) is 37.0 Å². The molecule has 130 valence electrons. The summed E-state index contributed by atoms with van der Waals surface area (Å²) < 4.78 is 1.56. The molecule has 26 heavy (non-hydrogen) atoms. The van der Waals surface area contributed by atoms with Gasteiger partial charge in [0.25, 0.3) is 11.6 Å². The molecule has 3 aromatic rings. The van der Waals surface area contributed by atoms with Crippen LogP contribution in [0.25, 0.3) is 16.6 Å². The number of hydrogen-bond donors (Lipinski definition) is 1. The highest BCUT2D eigenvalue weighted by molar-refractivity contribution is 6.32. The maximum absolute atomic E-state index is 12.6. The molecule has 0 atom stereocenters. The van der Waals surface area contributed by atoms with E-state index in [1.807, 2.05) is 32.1 Å². The first-order valence-electron chi connectivity index (χ1n) is 8.49. The third-order valence-electron chi connectivity index (χ3n) is 4.75. The van der Waals surface area contributed by atoms with Crippen LogP contribution in [0.2, 0.25) is 0 Å². The van der Waals surface area contributed by atoms with Gasteiger partial charge in [0.2, 0.25) is 0 Å². The van der Waals surface area contributed by atoms with E-state index in [1.54, 1.807) is 17.8 Å². The maximum atomic E-state index is 12.6. The molecular weight excluding hydrogens is 331 g/mol. The fourth-order valence-electron chi connectivity index (χ4n) is 3.23. The zero-order valence-electron chi connectivity index (χ0n) is 14.5. The molecule has 1 N–H and O–H groups in total. The van der Waals surface area contributed by atoms with E-state index < -0.39 is 0 Å². The number of amides is 1. The number of carbonyl (C=O) groups is 1. The average molecular weight is 348 g/mol. The minimum Gasteiger partial charge on any atom is -0.354 e. The molecule has 1 aliphatic rings. The van der Waals surface area contributed by atoms with Crippen LogP contribution in [0.5, 0.6) is 0 Å². The zero-order chi connectivity index (χ0) is 18.4. The zero-order valence-corrected chi connectivity index (χ0v) is 14.5. The average Bonchev–Trinajstić information content (AvgIpc) is 3.41. The Morgan fingerprint density at radius 3 is 2.58 bits per heavy atom. The Kier molecular flexibility index (Phi) is 3.75. The highest BCUT2D eigenvalue weighted by Gasteiger charge is 2.32. The minimum atomic E-state index is -0.364. The summed E-state index contributed by atoms with van der Waals surface area (Å²) in [6.45, 7) is 0. The van der Waals surface area contributed by atoms with Gasteiger partial charge in [-0.15, -0.1) is 0 Å². The van der Waals surface area contributed by atoms with Crippen molar-refractivity contribution in [2.45, 2.75) is 18.8 Å². The number of benzene rings is 2. The molecule has 0 radical (unpaired) electrons. The van der Waals surface area contributed by atoms with Crippen LogP contribution in [0.3, 0.4) is 0 Å². The topological polar surface area (TPSA) is 90.1 Å². The van der Waals surface area contributed by atoms with E-state index in [0.717, 1.165) is 24.0 Å². The third-order valence-corrected chi connectivity index (χ3v) is 4.75. The number of nitrogens with zero attached hydrogens (tertiary/aromatic N) is 3. The van der Waals surface area contributed by atoms with Crippen molar-refractivity contribution in [3.63, 3.8) is 0 Å². The first-order chi connectivity index (χ1) is 12.5. The quantitative estimate of drug-likeness (QED) is 0.439. The third kappa shape index (κ3) is 2.63. The van der Waals surface area contributed by atoms with Crippen LogP contribution in [0, 0.1) is 10.1 Å². The number of nitrogens with one attached hydrogen (secondary N) is 1. The predicted molar refractivity (Wildman–Crippen MR) is 101 cm³/mol. The lowest BCUT2D eigenvalue weighted by atomic mass is 9.96. The molecule has 1 aromatic heterocycles. The van der Waals surface area contributed by atoms with Gasteiger partial charge in [0.1, 0.15) is 19.1 Å². The fraction of sp³-hybridized carbons (Fsp3) is 0.222. The first-order valence-corrected chi connectivity index (χ1v) is 8.49. The summed E-state index contributed by atoms with van der Waals surface area (Å²) in [6.07, 6.45) is 1.88. The number of nitro groups is 1. The lowest BCUT2D eigenvalue weighted by Crippen LogP contribution is -2.22. The molecule has 0 unspecified atom stereocenters. The Morgan fingerprint density at radius 2 is 2.00 bits per heavy atom. The van der Waals surface area contributed by atoms with Crippen molar-refractivity contribution in [1.29, 1.82) is 0 Å². The second-order valence-electron chi connectivity index (χ2n) is 6.63.